The number of ketones is 1. The maximum Gasteiger partial charge on any atom is 0.228 e. The number of rotatable bonds is 2. The van der Waals surface area contributed by atoms with Crippen LogP contribution in [0, 0.1) is 0 Å². The average molecular weight is 333 g/mol. The SMILES string of the molecule is CN1CCc2cn(C)c3c2C1=CC(=NC=Cc1ccc(O)cc1)C3=O. The second kappa shape index (κ2) is 5.77. The van der Waals surface area contributed by atoms with Gasteiger partial charge < -0.3 is 14.6 Å². The number of aromatic hydroxyl groups is 1. The van der Waals surface area contributed by atoms with E-state index in [1.807, 2.05) is 30.8 Å². The lowest BCUT2D eigenvalue weighted by Crippen LogP contribution is -2.31. The number of benzene rings is 1. The molecule has 0 saturated heterocycles. The molecule has 0 radical (unpaired) electrons. The molecule has 0 bridgehead atoms. The van der Waals surface area contributed by atoms with Gasteiger partial charge in [-0.2, -0.15) is 0 Å². The van der Waals surface area contributed by atoms with Crippen LogP contribution in [0.25, 0.3) is 11.8 Å². The standard InChI is InChI=1S/C20H19N3O2/c1-22-10-8-14-12-23(2)19-18(14)17(22)11-16(20(19)25)21-9-7-13-3-5-15(24)6-4-13/h3-7,9,11-12,24H,8,10H2,1-2H3. The van der Waals surface area contributed by atoms with Gasteiger partial charge in [-0.25, -0.2) is 0 Å². The van der Waals surface area contributed by atoms with E-state index in [0.717, 1.165) is 35.5 Å². The smallest absolute Gasteiger partial charge is 0.228 e. The molecule has 2 aromatic rings. The zero-order valence-corrected chi connectivity index (χ0v) is 14.2. The van der Waals surface area contributed by atoms with E-state index in [-0.39, 0.29) is 11.5 Å². The van der Waals surface area contributed by atoms with Crippen LogP contribution in [0.3, 0.4) is 0 Å². The number of likely N-dealkylation sites (N-methyl/N-ethyl adjacent to an activating group) is 1. The van der Waals surface area contributed by atoms with Crippen molar-refractivity contribution in [2.75, 3.05) is 13.6 Å². The highest BCUT2D eigenvalue weighted by molar-refractivity contribution is 6.52. The molecule has 1 N–H and O–H groups in total. The van der Waals surface area contributed by atoms with Gasteiger partial charge in [0.25, 0.3) is 0 Å². The summed E-state index contributed by atoms with van der Waals surface area (Å²) < 4.78 is 1.92. The molecule has 1 aromatic heterocycles. The van der Waals surface area contributed by atoms with Crippen LogP contribution in [-0.2, 0) is 13.5 Å². The number of nitrogens with zero attached hydrogens (tertiary/aromatic N) is 3. The molecule has 2 aliphatic rings. The normalized spacial score (nSPS) is 18.0. The Morgan fingerprint density at radius 2 is 1.96 bits per heavy atom. The fourth-order valence-corrected chi connectivity index (χ4v) is 3.42. The van der Waals surface area contributed by atoms with Crippen LogP contribution >= 0.6 is 0 Å². The molecular weight excluding hydrogens is 314 g/mol. The van der Waals surface area contributed by atoms with E-state index in [4.69, 9.17) is 0 Å². The molecule has 5 heteroatoms. The Kier molecular flexibility index (Phi) is 3.57. The van der Waals surface area contributed by atoms with Crippen LogP contribution in [0.2, 0.25) is 0 Å². The van der Waals surface area contributed by atoms with Gasteiger partial charge in [0.05, 0.1) is 0 Å². The van der Waals surface area contributed by atoms with Gasteiger partial charge in [0, 0.05) is 44.3 Å². The molecule has 0 atom stereocenters. The van der Waals surface area contributed by atoms with E-state index in [9.17, 15) is 9.90 Å². The molecule has 2 heterocycles. The fourth-order valence-electron chi connectivity index (χ4n) is 3.42. The number of aryl methyl sites for hydroxylation is 1. The quantitative estimate of drug-likeness (QED) is 0.919. The first-order valence-electron chi connectivity index (χ1n) is 8.24. The number of aliphatic imine (C=N–C) groups is 1. The average Bonchev–Trinajstić information content (AvgIpc) is 2.93. The molecule has 0 fully saturated rings. The van der Waals surface area contributed by atoms with Gasteiger partial charge in [-0.15, -0.1) is 0 Å². The second-order valence-electron chi connectivity index (χ2n) is 6.44. The Balaban J connectivity index is 1.71. The third-order valence-corrected chi connectivity index (χ3v) is 4.74. The van der Waals surface area contributed by atoms with Crippen LogP contribution in [0.5, 0.6) is 5.75 Å². The van der Waals surface area contributed by atoms with Crippen LogP contribution in [0.15, 0.2) is 47.7 Å². The van der Waals surface area contributed by atoms with E-state index in [0.29, 0.717) is 5.71 Å². The molecule has 1 aromatic carbocycles. The summed E-state index contributed by atoms with van der Waals surface area (Å²) in [6.07, 6.45) is 8.34. The Hall–Kier alpha value is -3.08. The first kappa shape index (κ1) is 15.4. The van der Waals surface area contributed by atoms with E-state index in [1.165, 1.54) is 5.56 Å². The van der Waals surface area contributed by atoms with Crippen molar-refractivity contribution in [3.05, 3.63) is 65.1 Å². The van der Waals surface area contributed by atoms with Gasteiger partial charge in [0.15, 0.2) is 0 Å². The lowest BCUT2D eigenvalue weighted by Gasteiger charge is -2.30. The van der Waals surface area contributed by atoms with Crippen molar-refractivity contribution in [3.8, 4) is 5.75 Å². The van der Waals surface area contributed by atoms with Crippen LogP contribution in [-0.4, -0.2) is 39.7 Å². The number of phenols is 1. The Morgan fingerprint density at radius 1 is 1.20 bits per heavy atom. The zero-order chi connectivity index (χ0) is 17.6. The fraction of sp³-hybridized carbons (Fsp3) is 0.200. The van der Waals surface area contributed by atoms with E-state index >= 15 is 0 Å². The summed E-state index contributed by atoms with van der Waals surface area (Å²) in [6.45, 7) is 0.938. The summed E-state index contributed by atoms with van der Waals surface area (Å²) in [4.78, 5) is 19.4. The van der Waals surface area contributed by atoms with Gasteiger partial charge in [0.2, 0.25) is 5.78 Å². The van der Waals surface area contributed by atoms with Crippen molar-refractivity contribution in [2.24, 2.45) is 12.0 Å². The maximum absolute atomic E-state index is 12.8. The van der Waals surface area contributed by atoms with Crippen molar-refractivity contribution in [1.82, 2.24) is 9.47 Å². The number of aromatic nitrogens is 1. The number of carbonyl (C=O) groups excluding carboxylic acids is 1. The lowest BCUT2D eigenvalue weighted by atomic mass is 9.91. The van der Waals surface area contributed by atoms with Crippen molar-refractivity contribution in [1.29, 1.82) is 0 Å². The molecule has 0 amide bonds. The molecule has 25 heavy (non-hydrogen) atoms. The summed E-state index contributed by atoms with van der Waals surface area (Å²) in [7, 11) is 3.96. The molecule has 0 saturated carbocycles. The Morgan fingerprint density at radius 3 is 2.72 bits per heavy atom. The summed E-state index contributed by atoms with van der Waals surface area (Å²) in [5.41, 5.74) is 5.43. The van der Waals surface area contributed by atoms with E-state index in [1.54, 1.807) is 30.5 Å². The van der Waals surface area contributed by atoms with Gasteiger partial charge in [-0.3, -0.25) is 9.79 Å². The van der Waals surface area contributed by atoms with Gasteiger partial charge in [-0.1, -0.05) is 12.1 Å². The summed E-state index contributed by atoms with van der Waals surface area (Å²) in [5.74, 6) is 0.182. The summed E-state index contributed by atoms with van der Waals surface area (Å²) >= 11 is 0. The van der Waals surface area contributed by atoms with Crippen LogP contribution < -0.4 is 0 Å². The second-order valence-corrected chi connectivity index (χ2v) is 6.44. The van der Waals surface area contributed by atoms with Crippen molar-refractivity contribution < 1.29 is 9.90 Å². The summed E-state index contributed by atoms with van der Waals surface area (Å²) in [5, 5.41) is 9.32. The van der Waals surface area contributed by atoms with E-state index < -0.39 is 0 Å². The molecule has 5 nitrogen and oxygen atoms in total. The number of Topliss-reactive ketones (excluding diaryl/α,β-unsaturated/α-hetero) is 1. The maximum atomic E-state index is 12.8. The zero-order valence-electron chi connectivity index (χ0n) is 14.2. The molecule has 0 spiro atoms. The molecule has 0 unspecified atom stereocenters. The largest absolute Gasteiger partial charge is 0.508 e. The Labute approximate surface area is 146 Å². The molecule has 1 aliphatic carbocycles. The minimum atomic E-state index is -0.0434. The predicted octanol–water partition coefficient (Wildman–Crippen LogP) is 2.87. The van der Waals surface area contributed by atoms with Crippen molar-refractivity contribution >= 4 is 23.3 Å². The minimum Gasteiger partial charge on any atom is -0.508 e. The predicted molar refractivity (Wildman–Crippen MR) is 98.6 cm³/mol. The third kappa shape index (κ3) is 2.58. The number of phenolic OH excluding ortho intramolecular Hbond substituents is 1. The topological polar surface area (TPSA) is 57.8 Å². The highest BCUT2D eigenvalue weighted by Crippen LogP contribution is 2.35. The van der Waals surface area contributed by atoms with Crippen LogP contribution in [0.4, 0.5) is 0 Å². The van der Waals surface area contributed by atoms with Crippen LogP contribution in [0.1, 0.15) is 27.2 Å². The van der Waals surface area contributed by atoms with E-state index in [2.05, 4.69) is 16.1 Å². The monoisotopic (exact) mass is 333 g/mol. The minimum absolute atomic E-state index is 0.0434. The first-order valence-corrected chi connectivity index (χ1v) is 8.24. The highest BCUT2D eigenvalue weighted by Gasteiger charge is 2.33. The molecule has 126 valence electrons. The Bertz CT molecular complexity index is 946. The lowest BCUT2D eigenvalue weighted by molar-refractivity contribution is 0.105. The molecule has 4 rings (SSSR count). The van der Waals surface area contributed by atoms with Crippen molar-refractivity contribution in [2.45, 2.75) is 6.42 Å². The third-order valence-electron chi connectivity index (χ3n) is 4.74. The van der Waals surface area contributed by atoms with Gasteiger partial charge in [-0.05, 0) is 41.8 Å². The number of hydrogen-bond donors (Lipinski definition) is 1. The highest BCUT2D eigenvalue weighted by atomic mass is 16.3. The number of allylic oxidation sites excluding steroid dienone is 1. The molecule has 1 aliphatic heterocycles. The van der Waals surface area contributed by atoms with Gasteiger partial charge in [0.1, 0.15) is 17.2 Å². The summed E-state index contributed by atoms with van der Waals surface area (Å²) in [6, 6.07) is 6.83. The number of hydrogen-bond acceptors (Lipinski definition) is 4. The van der Waals surface area contributed by atoms with Gasteiger partial charge >= 0.3 is 0 Å². The van der Waals surface area contributed by atoms with Crippen molar-refractivity contribution in [3.63, 3.8) is 0 Å². The number of carbonyl (C=O) groups is 1. The molecular formula is C20H19N3O2. The first-order chi connectivity index (χ1) is 12.0.